The number of hydrogen-bond donors (Lipinski definition) is 1. The molecule has 116 valence electrons. The maximum Gasteiger partial charge on any atom is 0.308 e. The summed E-state index contributed by atoms with van der Waals surface area (Å²) in [6.45, 7) is 8.15. The summed E-state index contributed by atoms with van der Waals surface area (Å²) in [5.41, 5.74) is 0.780. The Morgan fingerprint density at radius 3 is 2.48 bits per heavy atom. The van der Waals surface area contributed by atoms with Crippen molar-refractivity contribution in [3.8, 4) is 0 Å². The van der Waals surface area contributed by atoms with Crippen molar-refractivity contribution in [2.75, 3.05) is 6.54 Å². The van der Waals surface area contributed by atoms with Crippen molar-refractivity contribution < 1.29 is 8.42 Å². The van der Waals surface area contributed by atoms with E-state index >= 15 is 0 Å². The lowest BCUT2D eigenvalue weighted by molar-refractivity contribution is 0.560. The molecule has 0 aliphatic rings. The second-order valence-corrected chi connectivity index (χ2v) is 8.47. The van der Waals surface area contributed by atoms with E-state index in [1.54, 1.807) is 22.8 Å². The summed E-state index contributed by atoms with van der Waals surface area (Å²) in [6, 6.07) is 4.88. The molecule has 1 aromatic heterocycles. The normalized spacial score (nSPS) is 12.7. The van der Waals surface area contributed by atoms with E-state index in [0.29, 0.717) is 11.2 Å². The Kier molecular flexibility index (Phi) is 4.55. The first-order chi connectivity index (χ1) is 9.72. The van der Waals surface area contributed by atoms with E-state index in [1.807, 2.05) is 27.7 Å². The van der Waals surface area contributed by atoms with Crippen molar-refractivity contribution in [1.82, 2.24) is 9.29 Å². The quantitative estimate of drug-likeness (QED) is 0.917. The zero-order valence-electron chi connectivity index (χ0n) is 12.6. The van der Waals surface area contributed by atoms with E-state index in [4.69, 9.17) is 0 Å². The van der Waals surface area contributed by atoms with Crippen molar-refractivity contribution >= 4 is 31.6 Å². The lowest BCUT2D eigenvalue weighted by Crippen LogP contribution is -2.27. The van der Waals surface area contributed by atoms with Gasteiger partial charge < -0.3 is 0 Å². The van der Waals surface area contributed by atoms with Crippen LogP contribution >= 0.6 is 11.3 Å². The summed E-state index contributed by atoms with van der Waals surface area (Å²) >= 11 is 1.08. The third-order valence-corrected chi connectivity index (χ3v) is 5.43. The number of sulfonamides is 1. The van der Waals surface area contributed by atoms with Gasteiger partial charge in [-0.3, -0.25) is 9.36 Å². The van der Waals surface area contributed by atoms with Crippen LogP contribution in [0.1, 0.15) is 33.7 Å². The van der Waals surface area contributed by atoms with E-state index < -0.39 is 10.0 Å². The number of hydrogen-bond acceptors (Lipinski definition) is 4. The summed E-state index contributed by atoms with van der Waals surface area (Å²) in [5, 5.41) is 0. The second-order valence-electron chi connectivity index (χ2n) is 5.71. The van der Waals surface area contributed by atoms with Crippen molar-refractivity contribution in [3.63, 3.8) is 0 Å². The summed E-state index contributed by atoms with van der Waals surface area (Å²) in [5.74, 6) is 0.238. The highest BCUT2D eigenvalue weighted by molar-refractivity contribution is 7.89. The molecule has 0 amide bonds. The van der Waals surface area contributed by atoms with Crippen LogP contribution in [0.3, 0.4) is 0 Å². The first kappa shape index (κ1) is 16.2. The molecule has 21 heavy (non-hydrogen) atoms. The molecule has 0 saturated heterocycles. The Bertz CT molecular complexity index is 801. The first-order valence-electron chi connectivity index (χ1n) is 6.87. The van der Waals surface area contributed by atoms with E-state index in [9.17, 15) is 13.2 Å². The van der Waals surface area contributed by atoms with Crippen LogP contribution in [0.5, 0.6) is 0 Å². The van der Waals surface area contributed by atoms with Crippen LogP contribution in [0.15, 0.2) is 27.9 Å². The van der Waals surface area contributed by atoms with Crippen LogP contribution in [-0.2, 0) is 10.0 Å². The monoisotopic (exact) mass is 328 g/mol. The SMILES string of the molecule is CC(C)CNS(=O)(=O)c1ccc2c(c1)sc(=O)n2C(C)C. The molecule has 0 aliphatic carbocycles. The van der Waals surface area contributed by atoms with Gasteiger partial charge in [0.2, 0.25) is 10.0 Å². The number of benzene rings is 1. The van der Waals surface area contributed by atoms with E-state index in [2.05, 4.69) is 4.72 Å². The fourth-order valence-corrected chi connectivity index (χ4v) is 4.40. The molecule has 5 nitrogen and oxygen atoms in total. The Labute approximate surface area is 128 Å². The molecule has 0 bridgehead atoms. The predicted octanol–water partition coefficient (Wildman–Crippen LogP) is 2.58. The molecule has 0 saturated carbocycles. The van der Waals surface area contributed by atoms with Crippen molar-refractivity contribution in [2.45, 2.75) is 38.6 Å². The molecule has 0 atom stereocenters. The molecule has 2 rings (SSSR count). The van der Waals surface area contributed by atoms with Gasteiger partial charge in [0.15, 0.2) is 0 Å². The fraction of sp³-hybridized carbons (Fsp3) is 0.500. The molecule has 2 aromatic rings. The van der Waals surface area contributed by atoms with Gasteiger partial charge in [0.25, 0.3) is 0 Å². The minimum Gasteiger partial charge on any atom is -0.296 e. The summed E-state index contributed by atoms with van der Waals surface area (Å²) in [4.78, 5) is 12.1. The van der Waals surface area contributed by atoms with Gasteiger partial charge in [-0.05, 0) is 38.0 Å². The minimum atomic E-state index is -3.53. The lowest BCUT2D eigenvalue weighted by atomic mass is 10.2. The van der Waals surface area contributed by atoms with Crippen LogP contribution in [0.25, 0.3) is 10.2 Å². The van der Waals surface area contributed by atoms with Crippen LogP contribution in [0.2, 0.25) is 0 Å². The Morgan fingerprint density at radius 2 is 1.90 bits per heavy atom. The minimum absolute atomic E-state index is 0.0489. The van der Waals surface area contributed by atoms with Gasteiger partial charge in [0, 0.05) is 12.6 Å². The fourth-order valence-electron chi connectivity index (χ4n) is 2.03. The van der Waals surface area contributed by atoms with Crippen molar-refractivity contribution in [2.24, 2.45) is 5.92 Å². The van der Waals surface area contributed by atoms with Crippen LogP contribution in [0.4, 0.5) is 0 Å². The highest BCUT2D eigenvalue weighted by Crippen LogP contribution is 2.23. The standard InChI is InChI=1S/C14H20N2O3S2/c1-9(2)8-15-21(18,19)11-5-6-12-13(7-11)20-14(17)16(12)10(3)4/h5-7,9-10,15H,8H2,1-4H3. The van der Waals surface area contributed by atoms with Crippen LogP contribution in [-0.4, -0.2) is 19.5 Å². The number of nitrogens with zero attached hydrogens (tertiary/aromatic N) is 1. The van der Waals surface area contributed by atoms with Gasteiger partial charge in [-0.25, -0.2) is 13.1 Å². The van der Waals surface area contributed by atoms with Crippen LogP contribution in [0, 0.1) is 5.92 Å². The van der Waals surface area contributed by atoms with Gasteiger partial charge in [-0.15, -0.1) is 0 Å². The van der Waals surface area contributed by atoms with Gasteiger partial charge in [0.1, 0.15) is 0 Å². The van der Waals surface area contributed by atoms with Gasteiger partial charge in [-0.1, -0.05) is 25.2 Å². The number of nitrogens with one attached hydrogen (secondary N) is 1. The highest BCUT2D eigenvalue weighted by Gasteiger charge is 2.17. The third-order valence-electron chi connectivity index (χ3n) is 3.09. The molecule has 1 N–H and O–H groups in total. The summed E-state index contributed by atoms with van der Waals surface area (Å²) in [7, 11) is -3.53. The molecule has 0 unspecified atom stereocenters. The van der Waals surface area contributed by atoms with Gasteiger partial charge in [0.05, 0.1) is 15.1 Å². The topological polar surface area (TPSA) is 68.2 Å². The average Bonchev–Trinajstić information content (AvgIpc) is 2.71. The zero-order chi connectivity index (χ0) is 15.8. The first-order valence-corrected chi connectivity index (χ1v) is 9.17. The Morgan fingerprint density at radius 1 is 1.24 bits per heavy atom. The molecule has 7 heteroatoms. The summed E-state index contributed by atoms with van der Waals surface area (Å²) < 4.78 is 29.4. The maximum atomic E-state index is 12.2. The van der Waals surface area contributed by atoms with Crippen LogP contribution < -0.4 is 9.60 Å². The number of rotatable bonds is 5. The molecule has 0 radical (unpaired) electrons. The maximum absolute atomic E-state index is 12.2. The average molecular weight is 328 g/mol. The molecule has 1 heterocycles. The number of aromatic nitrogens is 1. The zero-order valence-corrected chi connectivity index (χ0v) is 14.2. The van der Waals surface area contributed by atoms with Gasteiger partial charge in [-0.2, -0.15) is 0 Å². The highest BCUT2D eigenvalue weighted by atomic mass is 32.2. The molecule has 0 spiro atoms. The van der Waals surface area contributed by atoms with Crippen molar-refractivity contribution in [3.05, 3.63) is 27.9 Å². The largest absolute Gasteiger partial charge is 0.308 e. The van der Waals surface area contributed by atoms with Gasteiger partial charge >= 0.3 is 4.87 Å². The lowest BCUT2D eigenvalue weighted by Gasteiger charge is -2.10. The molecule has 1 aromatic carbocycles. The van der Waals surface area contributed by atoms with E-state index in [1.165, 1.54) is 0 Å². The molecular formula is C14H20N2O3S2. The smallest absolute Gasteiger partial charge is 0.296 e. The third kappa shape index (κ3) is 3.36. The Balaban J connectivity index is 2.47. The predicted molar refractivity (Wildman–Crippen MR) is 86.5 cm³/mol. The van der Waals surface area contributed by atoms with E-state index in [-0.39, 0.29) is 21.7 Å². The van der Waals surface area contributed by atoms with E-state index in [0.717, 1.165) is 16.9 Å². The molecule has 0 fully saturated rings. The number of thiazole rings is 1. The number of fused-ring (bicyclic) bond motifs is 1. The Hall–Kier alpha value is -1.18. The van der Waals surface area contributed by atoms with Crippen molar-refractivity contribution in [1.29, 1.82) is 0 Å². The molecule has 0 aliphatic heterocycles. The summed E-state index contributed by atoms with van der Waals surface area (Å²) in [6.07, 6.45) is 0. The molecular weight excluding hydrogens is 308 g/mol. The second kappa shape index (κ2) is 5.90.